The molecule has 0 fully saturated rings. The van der Waals surface area contributed by atoms with Gasteiger partial charge in [-0.05, 0) is 49.2 Å². The molecule has 0 spiro atoms. The third-order valence-electron chi connectivity index (χ3n) is 3.78. The Morgan fingerprint density at radius 1 is 1.12 bits per heavy atom. The molecule has 26 heavy (non-hydrogen) atoms. The third-order valence-corrected chi connectivity index (χ3v) is 4.07. The van der Waals surface area contributed by atoms with Crippen LogP contribution < -0.4 is 10.6 Å². The normalized spacial score (nSPS) is 10.5. The summed E-state index contributed by atoms with van der Waals surface area (Å²) in [4.78, 5) is 20.8. The van der Waals surface area contributed by atoms with Gasteiger partial charge in [-0.1, -0.05) is 29.8 Å². The van der Waals surface area contributed by atoms with E-state index in [-0.39, 0.29) is 10.7 Å². The first-order valence-corrected chi connectivity index (χ1v) is 8.24. The number of carbonyl (C=O) groups is 1. The number of rotatable bonds is 4. The second-order valence-corrected chi connectivity index (χ2v) is 6.15. The van der Waals surface area contributed by atoms with Crippen molar-refractivity contribution in [2.24, 2.45) is 0 Å². The van der Waals surface area contributed by atoms with Crippen molar-refractivity contribution in [3.63, 3.8) is 0 Å². The molecule has 0 saturated heterocycles. The van der Waals surface area contributed by atoms with E-state index in [0.29, 0.717) is 11.6 Å². The van der Waals surface area contributed by atoms with Crippen molar-refractivity contribution in [2.45, 2.75) is 13.8 Å². The molecule has 1 heterocycles. The summed E-state index contributed by atoms with van der Waals surface area (Å²) >= 11 is 5.73. The van der Waals surface area contributed by atoms with Gasteiger partial charge in [0.05, 0.1) is 5.02 Å². The Balaban J connectivity index is 1.80. The molecular formula is C19H16ClFN4O. The van der Waals surface area contributed by atoms with Gasteiger partial charge in [-0.3, -0.25) is 4.79 Å². The molecule has 0 atom stereocenters. The SMILES string of the molecule is Cc1cccc(C)c1Nc1nccc(C(=O)Nc2ccc(F)c(Cl)c2)n1. The number of anilines is 3. The van der Waals surface area contributed by atoms with Crippen LogP contribution in [0.5, 0.6) is 0 Å². The molecule has 0 aliphatic carbocycles. The molecule has 0 bridgehead atoms. The summed E-state index contributed by atoms with van der Waals surface area (Å²) in [5, 5.41) is 5.71. The summed E-state index contributed by atoms with van der Waals surface area (Å²) in [6.07, 6.45) is 1.50. The quantitative estimate of drug-likeness (QED) is 0.686. The molecule has 3 rings (SSSR count). The van der Waals surface area contributed by atoms with Gasteiger partial charge in [0.25, 0.3) is 5.91 Å². The van der Waals surface area contributed by atoms with Crippen LogP contribution in [0.3, 0.4) is 0 Å². The van der Waals surface area contributed by atoms with E-state index in [2.05, 4.69) is 20.6 Å². The van der Waals surface area contributed by atoms with Crippen LogP contribution in [0.1, 0.15) is 21.6 Å². The number of para-hydroxylation sites is 1. The van der Waals surface area contributed by atoms with Gasteiger partial charge < -0.3 is 10.6 Å². The smallest absolute Gasteiger partial charge is 0.274 e. The van der Waals surface area contributed by atoms with Crippen LogP contribution in [-0.4, -0.2) is 15.9 Å². The Morgan fingerprint density at radius 3 is 2.54 bits per heavy atom. The summed E-state index contributed by atoms with van der Waals surface area (Å²) in [6.45, 7) is 3.95. The second kappa shape index (κ2) is 7.49. The molecule has 0 unspecified atom stereocenters. The highest BCUT2D eigenvalue weighted by molar-refractivity contribution is 6.31. The van der Waals surface area contributed by atoms with E-state index in [1.54, 1.807) is 0 Å². The minimum Gasteiger partial charge on any atom is -0.324 e. The van der Waals surface area contributed by atoms with Gasteiger partial charge in [0, 0.05) is 17.6 Å². The van der Waals surface area contributed by atoms with E-state index in [1.807, 2.05) is 32.0 Å². The summed E-state index contributed by atoms with van der Waals surface area (Å²) < 4.78 is 13.2. The van der Waals surface area contributed by atoms with Crippen LogP contribution in [0.15, 0.2) is 48.7 Å². The Morgan fingerprint density at radius 2 is 1.85 bits per heavy atom. The van der Waals surface area contributed by atoms with Crippen LogP contribution >= 0.6 is 11.6 Å². The van der Waals surface area contributed by atoms with Crippen LogP contribution in [0.25, 0.3) is 0 Å². The first-order valence-electron chi connectivity index (χ1n) is 7.87. The van der Waals surface area contributed by atoms with E-state index < -0.39 is 11.7 Å². The minimum absolute atomic E-state index is 0.0668. The monoisotopic (exact) mass is 370 g/mol. The lowest BCUT2D eigenvalue weighted by molar-refractivity contribution is 0.102. The molecule has 0 radical (unpaired) electrons. The highest BCUT2D eigenvalue weighted by Crippen LogP contribution is 2.23. The highest BCUT2D eigenvalue weighted by atomic mass is 35.5. The Hall–Kier alpha value is -2.99. The number of hydrogen-bond donors (Lipinski definition) is 2. The lowest BCUT2D eigenvalue weighted by Crippen LogP contribution is -2.15. The number of benzene rings is 2. The van der Waals surface area contributed by atoms with Gasteiger partial charge in [-0.15, -0.1) is 0 Å². The molecule has 0 aliphatic rings. The number of nitrogens with one attached hydrogen (secondary N) is 2. The van der Waals surface area contributed by atoms with Crippen molar-refractivity contribution in [1.82, 2.24) is 9.97 Å². The summed E-state index contributed by atoms with van der Waals surface area (Å²) in [7, 11) is 0. The minimum atomic E-state index is -0.549. The summed E-state index contributed by atoms with van der Waals surface area (Å²) in [5.41, 5.74) is 3.54. The Bertz CT molecular complexity index is 957. The third kappa shape index (κ3) is 3.97. The summed E-state index contributed by atoms with van der Waals surface area (Å²) in [5.74, 6) is -0.682. The highest BCUT2D eigenvalue weighted by Gasteiger charge is 2.11. The van der Waals surface area contributed by atoms with Crippen LogP contribution in [0.4, 0.5) is 21.7 Å². The first-order chi connectivity index (χ1) is 12.4. The largest absolute Gasteiger partial charge is 0.324 e. The average Bonchev–Trinajstić information content (AvgIpc) is 2.62. The molecule has 132 valence electrons. The zero-order chi connectivity index (χ0) is 18.7. The topological polar surface area (TPSA) is 66.9 Å². The molecule has 1 amide bonds. The van der Waals surface area contributed by atoms with E-state index in [9.17, 15) is 9.18 Å². The second-order valence-electron chi connectivity index (χ2n) is 5.74. The van der Waals surface area contributed by atoms with Crippen molar-refractivity contribution in [3.05, 3.63) is 76.3 Å². The zero-order valence-corrected chi connectivity index (χ0v) is 14.9. The molecule has 2 N–H and O–H groups in total. The predicted octanol–water partition coefficient (Wildman–Crippen LogP) is 4.88. The average molecular weight is 371 g/mol. The van der Waals surface area contributed by atoms with Crippen LogP contribution in [-0.2, 0) is 0 Å². The van der Waals surface area contributed by atoms with Gasteiger partial charge >= 0.3 is 0 Å². The van der Waals surface area contributed by atoms with Crippen molar-refractivity contribution in [3.8, 4) is 0 Å². The Kier molecular flexibility index (Phi) is 5.14. The molecule has 3 aromatic rings. The molecule has 0 aliphatic heterocycles. The number of hydrogen-bond acceptors (Lipinski definition) is 4. The lowest BCUT2D eigenvalue weighted by atomic mass is 10.1. The standard InChI is InChI=1S/C19H16ClFN4O/c1-11-4-3-5-12(2)17(11)25-19-22-9-8-16(24-19)18(26)23-13-6-7-15(21)14(20)10-13/h3-10H,1-2H3,(H,23,26)(H,22,24,25). The van der Waals surface area contributed by atoms with Crippen molar-refractivity contribution < 1.29 is 9.18 Å². The molecule has 5 nitrogen and oxygen atoms in total. The Labute approximate surface area is 155 Å². The van der Waals surface area contributed by atoms with Gasteiger partial charge in [0.1, 0.15) is 11.5 Å². The van der Waals surface area contributed by atoms with E-state index in [1.165, 1.54) is 30.5 Å². The van der Waals surface area contributed by atoms with Crippen LogP contribution in [0, 0.1) is 19.7 Å². The number of aromatic nitrogens is 2. The fourth-order valence-electron chi connectivity index (χ4n) is 2.44. The number of amides is 1. The molecule has 7 heteroatoms. The fourth-order valence-corrected chi connectivity index (χ4v) is 2.62. The van der Waals surface area contributed by atoms with Gasteiger partial charge in [-0.25, -0.2) is 14.4 Å². The van der Waals surface area contributed by atoms with Crippen molar-refractivity contribution in [1.29, 1.82) is 0 Å². The number of carbonyl (C=O) groups excluding carboxylic acids is 1. The summed E-state index contributed by atoms with van der Waals surface area (Å²) in [6, 6.07) is 11.4. The number of halogens is 2. The van der Waals surface area contributed by atoms with E-state index in [0.717, 1.165) is 16.8 Å². The van der Waals surface area contributed by atoms with E-state index >= 15 is 0 Å². The lowest BCUT2D eigenvalue weighted by Gasteiger charge is -2.12. The molecule has 1 aromatic heterocycles. The van der Waals surface area contributed by atoms with Crippen LogP contribution in [0.2, 0.25) is 5.02 Å². The molecule has 0 saturated carbocycles. The van der Waals surface area contributed by atoms with Crippen molar-refractivity contribution >= 4 is 34.8 Å². The van der Waals surface area contributed by atoms with Gasteiger partial charge in [0.15, 0.2) is 0 Å². The first kappa shape index (κ1) is 17.8. The maximum absolute atomic E-state index is 13.2. The number of aryl methyl sites for hydroxylation is 2. The van der Waals surface area contributed by atoms with Crippen molar-refractivity contribution in [2.75, 3.05) is 10.6 Å². The predicted molar refractivity (Wildman–Crippen MR) is 101 cm³/mol. The van der Waals surface area contributed by atoms with Gasteiger partial charge in [0.2, 0.25) is 5.95 Å². The number of nitrogens with zero attached hydrogens (tertiary/aromatic N) is 2. The maximum Gasteiger partial charge on any atom is 0.274 e. The molecular weight excluding hydrogens is 355 g/mol. The van der Waals surface area contributed by atoms with Gasteiger partial charge in [-0.2, -0.15) is 0 Å². The fraction of sp³-hybridized carbons (Fsp3) is 0.105. The van der Waals surface area contributed by atoms with E-state index in [4.69, 9.17) is 11.6 Å². The molecule has 2 aromatic carbocycles. The zero-order valence-electron chi connectivity index (χ0n) is 14.2. The maximum atomic E-state index is 13.2.